The van der Waals surface area contributed by atoms with E-state index in [0.717, 1.165) is 85.6 Å². The first kappa shape index (κ1) is 44.7. The highest BCUT2D eigenvalue weighted by molar-refractivity contribution is 5.82. The van der Waals surface area contributed by atoms with Gasteiger partial charge >= 0.3 is 0 Å². The highest BCUT2D eigenvalue weighted by atomic mass is 15.2. The Hall–Kier alpha value is -8.80. The fraction of sp³-hybridized carbons (Fsp3) is 0.0909. The van der Waals surface area contributed by atoms with Gasteiger partial charge in [0.1, 0.15) is 0 Å². The van der Waals surface area contributed by atoms with Crippen molar-refractivity contribution in [2.24, 2.45) is 0 Å². The summed E-state index contributed by atoms with van der Waals surface area (Å²) in [6, 6.07) is 80.0. The molecule has 0 fully saturated rings. The van der Waals surface area contributed by atoms with Crippen molar-refractivity contribution in [3.8, 4) is 56.2 Å². The molecule has 0 N–H and O–H groups in total. The maximum absolute atomic E-state index is 4.95. The minimum atomic E-state index is -0.215. The maximum atomic E-state index is 4.95. The lowest BCUT2D eigenvalue weighted by Crippen LogP contribution is -2.23. The fourth-order valence-electron chi connectivity index (χ4n) is 9.79. The molecule has 3 aromatic heterocycles. The molecule has 11 rings (SSSR count). The molecule has 5 nitrogen and oxygen atoms in total. The highest BCUT2D eigenvalue weighted by Gasteiger charge is 2.24. The van der Waals surface area contributed by atoms with Crippen LogP contribution in [-0.2, 0) is 5.54 Å². The summed E-state index contributed by atoms with van der Waals surface area (Å²) in [6.07, 6.45) is 13.8. The number of hydrogen-bond donors (Lipinski definition) is 0. The van der Waals surface area contributed by atoms with Crippen LogP contribution in [0.2, 0.25) is 0 Å². The Bertz CT molecular complexity index is 3320. The second kappa shape index (κ2) is 19.7. The molecule has 0 saturated heterocycles. The zero-order chi connectivity index (χ0) is 48.2. The van der Waals surface area contributed by atoms with Crippen LogP contribution in [0.25, 0.3) is 56.2 Å². The van der Waals surface area contributed by atoms with E-state index in [9.17, 15) is 0 Å². The quantitative estimate of drug-likeness (QED) is 0.122. The van der Waals surface area contributed by atoms with Gasteiger partial charge in [-0.2, -0.15) is 0 Å². The van der Waals surface area contributed by atoms with E-state index in [-0.39, 0.29) is 5.54 Å². The van der Waals surface area contributed by atoms with E-state index in [4.69, 9.17) is 9.97 Å². The lowest BCUT2D eigenvalue weighted by Gasteiger charge is -2.29. The second-order valence-electron chi connectivity index (χ2n) is 19.1. The van der Waals surface area contributed by atoms with E-state index in [1.807, 2.05) is 24.5 Å². The van der Waals surface area contributed by atoms with Crippen molar-refractivity contribution in [2.75, 3.05) is 9.80 Å². The second-order valence-corrected chi connectivity index (χ2v) is 19.1. The Morgan fingerprint density at radius 3 is 1.14 bits per heavy atom. The largest absolute Gasteiger partial charge is 0.335 e. The summed E-state index contributed by atoms with van der Waals surface area (Å²) in [5, 5.41) is 0. The Balaban J connectivity index is 0.915. The van der Waals surface area contributed by atoms with Crippen LogP contribution in [-0.4, -0.2) is 14.5 Å². The summed E-state index contributed by atoms with van der Waals surface area (Å²) in [6.45, 7) is 6.85. The zero-order valence-electron chi connectivity index (χ0n) is 40.3. The Kier molecular flexibility index (Phi) is 12.4. The van der Waals surface area contributed by atoms with Crippen molar-refractivity contribution in [3.05, 3.63) is 267 Å². The molecule has 344 valence electrons. The molecular formula is C66H55N5. The molecule has 1 unspecified atom stereocenters. The maximum Gasteiger partial charge on any atom is 0.0703 e. The van der Waals surface area contributed by atoms with E-state index in [1.165, 1.54) is 16.7 Å². The van der Waals surface area contributed by atoms with Crippen molar-refractivity contribution in [1.82, 2.24) is 14.5 Å². The molecule has 1 aliphatic rings. The van der Waals surface area contributed by atoms with Gasteiger partial charge in [0.25, 0.3) is 0 Å². The number of benzene rings is 7. The first-order valence-electron chi connectivity index (χ1n) is 24.5. The molecule has 3 heterocycles. The number of pyridine rings is 2. The van der Waals surface area contributed by atoms with E-state index < -0.39 is 0 Å². The molecule has 0 radical (unpaired) electrons. The Morgan fingerprint density at radius 2 is 0.761 bits per heavy atom. The molecule has 0 spiro atoms. The van der Waals surface area contributed by atoms with Crippen LogP contribution in [0, 0.1) is 0 Å². The van der Waals surface area contributed by atoms with Crippen molar-refractivity contribution < 1.29 is 0 Å². The molecule has 10 aromatic rings. The van der Waals surface area contributed by atoms with Crippen LogP contribution in [0.15, 0.2) is 261 Å². The minimum absolute atomic E-state index is 0.215. The van der Waals surface area contributed by atoms with Crippen LogP contribution >= 0.6 is 0 Å². The van der Waals surface area contributed by atoms with Crippen molar-refractivity contribution >= 4 is 34.1 Å². The topological polar surface area (TPSA) is 37.2 Å². The Morgan fingerprint density at radius 1 is 0.380 bits per heavy atom. The number of hydrogen-bond acceptors (Lipinski definition) is 4. The van der Waals surface area contributed by atoms with Gasteiger partial charge in [0.15, 0.2) is 0 Å². The zero-order valence-corrected chi connectivity index (χ0v) is 40.3. The van der Waals surface area contributed by atoms with Crippen molar-refractivity contribution in [3.63, 3.8) is 0 Å². The average Bonchev–Trinajstić information content (AvgIpc) is 3.90. The number of allylic oxidation sites excluding steroid dienone is 4. The molecule has 71 heavy (non-hydrogen) atoms. The van der Waals surface area contributed by atoms with Gasteiger partial charge in [0, 0.05) is 56.7 Å². The van der Waals surface area contributed by atoms with E-state index in [2.05, 4.69) is 272 Å². The van der Waals surface area contributed by atoms with Crippen LogP contribution in [0.4, 0.5) is 34.1 Å². The van der Waals surface area contributed by atoms with Crippen LogP contribution in [0.1, 0.15) is 38.7 Å². The van der Waals surface area contributed by atoms with E-state index in [1.54, 1.807) is 0 Å². The van der Waals surface area contributed by atoms with Crippen LogP contribution in [0.3, 0.4) is 0 Å². The molecule has 0 saturated carbocycles. The first-order valence-corrected chi connectivity index (χ1v) is 24.5. The number of aromatic nitrogens is 3. The third-order valence-electron chi connectivity index (χ3n) is 13.3. The van der Waals surface area contributed by atoms with Gasteiger partial charge in [-0.25, -0.2) is 0 Å². The highest BCUT2D eigenvalue weighted by Crippen LogP contribution is 2.42. The number of anilines is 6. The first-order chi connectivity index (χ1) is 34.8. The predicted molar refractivity (Wildman–Crippen MR) is 297 cm³/mol. The van der Waals surface area contributed by atoms with Gasteiger partial charge in [-0.1, -0.05) is 164 Å². The van der Waals surface area contributed by atoms with Gasteiger partial charge in [0.05, 0.1) is 35.2 Å². The Labute approximate surface area is 418 Å². The lowest BCUT2D eigenvalue weighted by atomic mass is 9.92. The summed E-state index contributed by atoms with van der Waals surface area (Å²) in [4.78, 5) is 14.5. The van der Waals surface area contributed by atoms with Gasteiger partial charge in [0.2, 0.25) is 0 Å². The SMILES string of the molecule is CC(C)(C)n1c(-c2ccc(N(c3ccc(-c4ccccc4)cc3)c3ccc(-c4ccccc4)nc3)cc2)ccc1-c1ccc(N(c2ccc(C3C=CC=CC3)cc2)c2ccc(-c3ccccc3)nc2)cc1. The third kappa shape index (κ3) is 9.51. The summed E-state index contributed by atoms with van der Waals surface area (Å²) in [5.41, 5.74) is 18.4. The summed E-state index contributed by atoms with van der Waals surface area (Å²) in [5.74, 6) is 0.384. The molecule has 1 aliphatic carbocycles. The molecule has 5 heteroatoms. The average molecular weight is 918 g/mol. The molecule has 0 amide bonds. The summed E-state index contributed by atoms with van der Waals surface area (Å²) >= 11 is 0. The minimum Gasteiger partial charge on any atom is -0.335 e. The standard InChI is InChI=1S/C66H55N5/c1-66(2,3)71-64(54-28-36-58(37-29-54)69(56-32-24-50(25-33-56)48-16-8-4-9-17-48)60-40-42-62(67-46-60)52-20-12-6-13-21-52)44-45-65(71)55-30-38-59(39-31-55)70(57-34-26-51(27-35-57)49-18-10-5-11-19-49)61-41-43-63(68-47-61)53-22-14-7-15-23-53/h4-18,20-47,49H,19H2,1-3H3. The van der Waals surface area contributed by atoms with Gasteiger partial charge in [-0.3, -0.25) is 9.97 Å². The molecule has 1 atom stereocenters. The van der Waals surface area contributed by atoms with Gasteiger partial charge < -0.3 is 14.4 Å². The number of rotatable bonds is 12. The number of nitrogens with zero attached hydrogens (tertiary/aromatic N) is 5. The molecular weight excluding hydrogens is 863 g/mol. The summed E-state index contributed by atoms with van der Waals surface area (Å²) < 4.78 is 2.47. The molecule has 0 bridgehead atoms. The molecule has 7 aromatic carbocycles. The van der Waals surface area contributed by atoms with Gasteiger partial charge in [-0.05, 0) is 140 Å². The van der Waals surface area contributed by atoms with Crippen molar-refractivity contribution in [1.29, 1.82) is 0 Å². The van der Waals surface area contributed by atoms with Crippen molar-refractivity contribution in [2.45, 2.75) is 38.6 Å². The van der Waals surface area contributed by atoms with E-state index in [0.29, 0.717) is 5.92 Å². The van der Waals surface area contributed by atoms with Crippen LogP contribution in [0.5, 0.6) is 0 Å². The predicted octanol–water partition coefficient (Wildman–Crippen LogP) is 17.9. The van der Waals surface area contributed by atoms with Crippen LogP contribution < -0.4 is 9.80 Å². The normalized spacial score (nSPS) is 13.3. The van der Waals surface area contributed by atoms with Gasteiger partial charge in [-0.15, -0.1) is 0 Å². The monoisotopic (exact) mass is 917 g/mol. The smallest absolute Gasteiger partial charge is 0.0703 e. The third-order valence-corrected chi connectivity index (χ3v) is 13.3. The molecule has 0 aliphatic heterocycles. The lowest BCUT2D eigenvalue weighted by molar-refractivity contribution is 0.407. The fourth-order valence-corrected chi connectivity index (χ4v) is 9.79. The summed E-state index contributed by atoms with van der Waals surface area (Å²) in [7, 11) is 0. The van der Waals surface area contributed by atoms with E-state index >= 15 is 0 Å².